The summed E-state index contributed by atoms with van der Waals surface area (Å²) in [6.45, 7) is 3.21. The molecule has 33 heavy (non-hydrogen) atoms. The van der Waals surface area contributed by atoms with Crippen molar-refractivity contribution in [1.29, 1.82) is 0 Å². The fourth-order valence-corrected chi connectivity index (χ4v) is 5.71. The molecule has 1 fully saturated rings. The fourth-order valence-electron chi connectivity index (χ4n) is 4.19. The number of amides is 1. The highest BCUT2D eigenvalue weighted by molar-refractivity contribution is 7.89. The summed E-state index contributed by atoms with van der Waals surface area (Å²) in [6.07, 6.45) is 2.32. The molecule has 3 rings (SSSR count). The zero-order valence-corrected chi connectivity index (χ0v) is 20.8. The molecule has 0 saturated carbocycles. The minimum absolute atomic E-state index is 0.0441. The van der Waals surface area contributed by atoms with E-state index in [2.05, 4.69) is 41.4 Å². The van der Waals surface area contributed by atoms with Gasteiger partial charge in [-0.2, -0.15) is 4.31 Å². The summed E-state index contributed by atoms with van der Waals surface area (Å²) in [5.41, 5.74) is 2.42. The number of nitrogens with one attached hydrogen (secondary N) is 1. The second-order valence-electron chi connectivity index (χ2n) is 8.70. The first-order valence-corrected chi connectivity index (χ1v) is 12.9. The smallest absolute Gasteiger partial charge is 0.243 e. The van der Waals surface area contributed by atoms with Gasteiger partial charge in [-0.1, -0.05) is 31.2 Å². The van der Waals surface area contributed by atoms with Gasteiger partial charge in [-0.15, -0.1) is 0 Å². The minimum Gasteiger partial charge on any atom is -0.497 e. The van der Waals surface area contributed by atoms with E-state index in [4.69, 9.17) is 4.74 Å². The monoisotopic (exact) mass is 473 g/mol. The van der Waals surface area contributed by atoms with Crippen LogP contribution in [0, 0.1) is 5.92 Å². The lowest BCUT2D eigenvalue weighted by Crippen LogP contribution is -2.46. The van der Waals surface area contributed by atoms with E-state index < -0.39 is 10.0 Å². The highest BCUT2D eigenvalue weighted by Crippen LogP contribution is 2.26. The molecule has 0 radical (unpaired) electrons. The first kappa shape index (κ1) is 25.2. The summed E-state index contributed by atoms with van der Waals surface area (Å²) in [5.74, 6) is 0.142. The minimum atomic E-state index is -3.66. The molecule has 8 heteroatoms. The molecule has 0 spiro atoms. The molecule has 0 aliphatic carbocycles. The van der Waals surface area contributed by atoms with E-state index in [-0.39, 0.29) is 29.3 Å². The van der Waals surface area contributed by atoms with Gasteiger partial charge in [0.2, 0.25) is 15.9 Å². The van der Waals surface area contributed by atoms with Crippen molar-refractivity contribution >= 4 is 15.9 Å². The van der Waals surface area contributed by atoms with E-state index in [1.54, 1.807) is 31.4 Å². The Morgan fingerprint density at radius 1 is 1.15 bits per heavy atom. The van der Waals surface area contributed by atoms with Crippen LogP contribution in [-0.4, -0.2) is 64.4 Å². The zero-order chi connectivity index (χ0) is 24.0. The van der Waals surface area contributed by atoms with Gasteiger partial charge in [0.1, 0.15) is 5.75 Å². The highest BCUT2D eigenvalue weighted by Gasteiger charge is 2.33. The largest absolute Gasteiger partial charge is 0.497 e. The van der Waals surface area contributed by atoms with Gasteiger partial charge < -0.3 is 15.0 Å². The third-order valence-corrected chi connectivity index (χ3v) is 8.20. The quantitative estimate of drug-likeness (QED) is 0.606. The lowest BCUT2D eigenvalue weighted by atomic mass is 9.98. The fraction of sp³-hybridized carbons (Fsp3) is 0.480. The number of carbonyl (C=O) groups is 1. The van der Waals surface area contributed by atoms with Gasteiger partial charge in [0, 0.05) is 19.6 Å². The number of aryl methyl sites for hydroxylation is 1. The van der Waals surface area contributed by atoms with E-state index in [0.29, 0.717) is 31.7 Å². The maximum absolute atomic E-state index is 13.1. The number of methoxy groups -OCH3 is 1. The molecule has 1 N–H and O–H groups in total. The van der Waals surface area contributed by atoms with E-state index in [9.17, 15) is 13.2 Å². The van der Waals surface area contributed by atoms with Crippen LogP contribution >= 0.6 is 0 Å². The Morgan fingerprint density at radius 3 is 2.39 bits per heavy atom. The van der Waals surface area contributed by atoms with E-state index in [1.807, 2.05) is 14.1 Å². The second kappa shape index (κ2) is 11.1. The van der Waals surface area contributed by atoms with Gasteiger partial charge in [-0.25, -0.2) is 8.42 Å². The van der Waals surface area contributed by atoms with Gasteiger partial charge >= 0.3 is 0 Å². The van der Waals surface area contributed by atoms with Crippen LogP contribution in [0.15, 0.2) is 53.4 Å². The number of nitrogens with zero attached hydrogens (tertiary/aromatic N) is 2. The first-order chi connectivity index (χ1) is 15.8. The van der Waals surface area contributed by atoms with Crippen molar-refractivity contribution in [2.75, 3.05) is 40.8 Å². The zero-order valence-electron chi connectivity index (χ0n) is 20.0. The Labute approximate surface area is 197 Å². The molecule has 180 valence electrons. The van der Waals surface area contributed by atoms with Gasteiger partial charge in [0.15, 0.2) is 0 Å². The van der Waals surface area contributed by atoms with E-state index in [0.717, 1.165) is 12.0 Å². The Balaban J connectivity index is 1.64. The predicted octanol–water partition coefficient (Wildman–Crippen LogP) is 3.08. The highest BCUT2D eigenvalue weighted by atomic mass is 32.2. The number of ether oxygens (including phenoxy) is 1. The normalized spacial score (nSPS) is 18.2. The second-order valence-corrected chi connectivity index (χ2v) is 10.6. The summed E-state index contributed by atoms with van der Waals surface area (Å²) < 4.78 is 32.7. The number of sulfonamides is 1. The summed E-state index contributed by atoms with van der Waals surface area (Å²) >= 11 is 0. The standard InChI is InChI=1S/C25H35N3O4S/c1-5-19-8-10-20(11-9-19)24(27(2)3)17-26-25(29)21-7-6-16-28(18-21)33(30,31)23-14-12-22(32-4)13-15-23/h8-15,21,24H,5-7,16-18H2,1-4H3,(H,26,29)/t21-,24+/m0/s1. The molecule has 1 heterocycles. The van der Waals surface area contributed by atoms with Crippen molar-refractivity contribution in [3.63, 3.8) is 0 Å². The van der Waals surface area contributed by atoms with E-state index >= 15 is 0 Å². The Bertz CT molecular complexity index is 1020. The van der Waals surface area contributed by atoms with Crippen molar-refractivity contribution in [1.82, 2.24) is 14.5 Å². The van der Waals surface area contributed by atoms with Crippen molar-refractivity contribution < 1.29 is 17.9 Å². The molecule has 0 unspecified atom stereocenters. The first-order valence-electron chi connectivity index (χ1n) is 11.4. The molecule has 1 aliphatic heterocycles. The number of carbonyl (C=O) groups excluding carboxylic acids is 1. The number of hydrogen-bond donors (Lipinski definition) is 1. The van der Waals surface area contributed by atoms with E-state index in [1.165, 1.54) is 9.87 Å². The topological polar surface area (TPSA) is 79.0 Å². The molecular weight excluding hydrogens is 438 g/mol. The molecule has 2 aromatic rings. The molecule has 1 amide bonds. The average Bonchev–Trinajstić information content (AvgIpc) is 2.84. The number of likely N-dealkylation sites (N-methyl/N-ethyl adjacent to an activating group) is 1. The molecular formula is C25H35N3O4S. The molecule has 1 aliphatic rings. The maximum atomic E-state index is 13.1. The van der Waals surface area contributed by atoms with Crippen LogP contribution in [0.2, 0.25) is 0 Å². The van der Waals surface area contributed by atoms with Crippen LogP contribution in [0.1, 0.15) is 36.9 Å². The van der Waals surface area contributed by atoms with Gasteiger partial charge in [0.25, 0.3) is 0 Å². The number of benzene rings is 2. The maximum Gasteiger partial charge on any atom is 0.243 e. The number of hydrogen-bond acceptors (Lipinski definition) is 5. The Kier molecular flexibility index (Phi) is 8.51. The summed E-state index contributed by atoms with van der Waals surface area (Å²) in [4.78, 5) is 15.3. The molecule has 2 atom stereocenters. The summed E-state index contributed by atoms with van der Waals surface area (Å²) in [7, 11) is 1.87. The molecule has 0 aromatic heterocycles. The van der Waals surface area contributed by atoms with Crippen LogP contribution in [0.4, 0.5) is 0 Å². The van der Waals surface area contributed by atoms with Crippen molar-refractivity contribution in [2.24, 2.45) is 5.92 Å². The van der Waals surface area contributed by atoms with Crippen molar-refractivity contribution in [3.8, 4) is 5.75 Å². The average molecular weight is 474 g/mol. The summed E-state index contributed by atoms with van der Waals surface area (Å²) in [6, 6.07) is 14.9. The van der Waals surface area contributed by atoms with Gasteiger partial charge in [0.05, 0.1) is 24.0 Å². The Hall–Kier alpha value is -2.42. The molecule has 7 nitrogen and oxygen atoms in total. The van der Waals surface area contributed by atoms with Crippen LogP contribution in [0.25, 0.3) is 0 Å². The molecule has 1 saturated heterocycles. The van der Waals surface area contributed by atoms with Crippen molar-refractivity contribution in [2.45, 2.75) is 37.1 Å². The van der Waals surface area contributed by atoms with Crippen molar-refractivity contribution in [3.05, 3.63) is 59.7 Å². The number of rotatable bonds is 9. The SMILES string of the molecule is CCc1ccc([C@@H](CNC(=O)[C@H]2CCCN(S(=O)(=O)c3ccc(OC)cc3)C2)N(C)C)cc1. The van der Waals surface area contributed by atoms with Crippen LogP contribution in [0.5, 0.6) is 5.75 Å². The Morgan fingerprint density at radius 2 is 1.82 bits per heavy atom. The number of piperidine rings is 1. The van der Waals surface area contributed by atoms with Gasteiger partial charge in [-0.3, -0.25) is 4.79 Å². The van der Waals surface area contributed by atoms with Gasteiger partial charge in [-0.05, 0) is 68.8 Å². The predicted molar refractivity (Wildman–Crippen MR) is 130 cm³/mol. The summed E-state index contributed by atoms with van der Waals surface area (Å²) in [5, 5.41) is 3.07. The molecule has 0 bridgehead atoms. The lowest BCUT2D eigenvalue weighted by molar-refractivity contribution is -0.126. The lowest BCUT2D eigenvalue weighted by Gasteiger charge is -2.32. The molecule has 2 aromatic carbocycles. The third-order valence-electron chi connectivity index (χ3n) is 6.32. The van der Waals surface area contributed by atoms with Crippen LogP contribution in [-0.2, 0) is 21.2 Å². The third kappa shape index (κ3) is 6.13. The van der Waals surface area contributed by atoms with Crippen LogP contribution in [0.3, 0.4) is 0 Å². The van der Waals surface area contributed by atoms with Crippen LogP contribution < -0.4 is 10.1 Å².